The number of rotatable bonds is 9. The van der Waals surface area contributed by atoms with Crippen molar-refractivity contribution in [2.24, 2.45) is 7.05 Å². The van der Waals surface area contributed by atoms with Gasteiger partial charge in [-0.1, -0.05) is 54.9 Å². The second kappa shape index (κ2) is 11.7. The normalized spacial score (nSPS) is 11.1. The molecule has 2 aromatic carbocycles. The van der Waals surface area contributed by atoms with Crippen molar-refractivity contribution in [3.8, 4) is 11.1 Å². The van der Waals surface area contributed by atoms with Crippen LogP contribution in [0.15, 0.2) is 83.9 Å². The molecule has 1 N–H and O–H groups in total. The predicted molar refractivity (Wildman–Crippen MR) is 156 cm³/mol. The lowest BCUT2D eigenvalue weighted by Gasteiger charge is -2.19. The molecular weight excluding hydrogens is 526 g/mol. The van der Waals surface area contributed by atoms with Crippen LogP contribution >= 0.6 is 11.6 Å². The number of amides is 1. The molecule has 0 unspecified atom stereocenters. The lowest BCUT2D eigenvalue weighted by Crippen LogP contribution is -2.28. The second-order valence-corrected chi connectivity index (χ2v) is 9.90. The molecule has 0 aliphatic rings. The molecule has 0 spiro atoms. The van der Waals surface area contributed by atoms with E-state index in [0.29, 0.717) is 51.4 Å². The molecule has 9 heteroatoms. The molecular formula is C31H28ClN5O3. The molecule has 5 rings (SSSR count). The molecule has 3 aromatic heterocycles. The van der Waals surface area contributed by atoms with E-state index in [1.54, 1.807) is 50.6 Å². The van der Waals surface area contributed by atoms with Crippen molar-refractivity contribution in [1.29, 1.82) is 0 Å². The number of benzene rings is 2. The van der Waals surface area contributed by atoms with Gasteiger partial charge < -0.3 is 5.32 Å². The topological polar surface area (TPSA) is 98.9 Å². The maximum Gasteiger partial charge on any atom is 0.269 e. The molecule has 0 aliphatic carbocycles. The fourth-order valence-corrected chi connectivity index (χ4v) is 5.03. The quantitative estimate of drug-likeness (QED) is 0.257. The fourth-order valence-electron chi connectivity index (χ4n) is 4.86. The van der Waals surface area contributed by atoms with Crippen LogP contribution in [-0.2, 0) is 20.0 Å². The van der Waals surface area contributed by atoms with Gasteiger partial charge in [-0.3, -0.25) is 28.6 Å². The van der Waals surface area contributed by atoms with E-state index in [2.05, 4.69) is 15.4 Å². The highest BCUT2D eigenvalue weighted by Gasteiger charge is 2.24. The lowest BCUT2D eigenvalue weighted by atomic mass is 9.94. The summed E-state index contributed by atoms with van der Waals surface area (Å²) in [4.78, 5) is 44.3. The third-order valence-electron chi connectivity index (χ3n) is 6.79. The average Bonchev–Trinajstić information content (AvgIpc) is 3.34. The molecule has 202 valence electrons. The van der Waals surface area contributed by atoms with E-state index >= 15 is 0 Å². The number of hydrogen-bond acceptors (Lipinski definition) is 5. The van der Waals surface area contributed by atoms with Crippen molar-refractivity contribution in [2.45, 2.75) is 26.3 Å². The van der Waals surface area contributed by atoms with Gasteiger partial charge in [0.25, 0.3) is 11.5 Å². The fraction of sp³-hybridized carbons (Fsp3) is 0.194. The Morgan fingerprint density at radius 3 is 2.52 bits per heavy atom. The zero-order valence-corrected chi connectivity index (χ0v) is 23.0. The number of hydrogen-bond donors (Lipinski definition) is 1. The van der Waals surface area contributed by atoms with E-state index in [4.69, 9.17) is 11.6 Å². The number of Topliss-reactive ketones (excluding diaryl/α,β-unsaturated/α-hetero) is 1. The second-order valence-electron chi connectivity index (χ2n) is 9.46. The largest absolute Gasteiger partial charge is 0.350 e. The van der Waals surface area contributed by atoms with Crippen LogP contribution in [0.25, 0.3) is 21.9 Å². The van der Waals surface area contributed by atoms with Gasteiger partial charge in [0.05, 0.1) is 17.9 Å². The molecule has 0 radical (unpaired) electrons. The Kier molecular flexibility index (Phi) is 7.89. The smallest absolute Gasteiger partial charge is 0.269 e. The minimum atomic E-state index is -0.323. The zero-order valence-electron chi connectivity index (χ0n) is 22.2. The van der Waals surface area contributed by atoms with Crippen molar-refractivity contribution < 1.29 is 9.59 Å². The number of halogens is 1. The molecule has 5 aromatic rings. The van der Waals surface area contributed by atoms with Gasteiger partial charge in [0.15, 0.2) is 5.78 Å². The van der Waals surface area contributed by atoms with Crippen LogP contribution in [0.3, 0.4) is 0 Å². The van der Waals surface area contributed by atoms with Crippen molar-refractivity contribution in [1.82, 2.24) is 24.6 Å². The number of pyridine rings is 2. The first-order valence-corrected chi connectivity index (χ1v) is 13.4. The summed E-state index contributed by atoms with van der Waals surface area (Å²) in [7, 11) is 1.68. The Hall–Kier alpha value is -4.56. The van der Waals surface area contributed by atoms with Gasteiger partial charge in [0.1, 0.15) is 5.69 Å². The number of nitrogens with one attached hydrogen (secondary N) is 1. The van der Waals surface area contributed by atoms with Crippen LogP contribution in [0.5, 0.6) is 0 Å². The van der Waals surface area contributed by atoms with E-state index in [-0.39, 0.29) is 30.2 Å². The van der Waals surface area contributed by atoms with Gasteiger partial charge in [-0.25, -0.2) is 0 Å². The first kappa shape index (κ1) is 27.0. The van der Waals surface area contributed by atoms with Gasteiger partial charge in [0.2, 0.25) is 0 Å². The molecule has 0 bridgehead atoms. The Labute approximate surface area is 236 Å². The minimum absolute atomic E-state index is 0.0229. The zero-order chi connectivity index (χ0) is 28.2. The molecule has 1 amide bonds. The first-order chi connectivity index (χ1) is 19.4. The SMILES string of the molecule is CCC(=O)c1c(-c2ccccc2)c2cc(Cl)ccc2c(=O)n1Cc1cc(C(=O)NCCc2cccnc2)n(C)n1. The van der Waals surface area contributed by atoms with Crippen molar-refractivity contribution >= 4 is 34.1 Å². The van der Waals surface area contributed by atoms with E-state index in [0.717, 1.165) is 11.1 Å². The maximum atomic E-state index is 13.8. The van der Waals surface area contributed by atoms with Crippen molar-refractivity contribution in [3.05, 3.63) is 117 Å². The van der Waals surface area contributed by atoms with E-state index < -0.39 is 0 Å². The Bertz CT molecular complexity index is 1760. The van der Waals surface area contributed by atoms with Gasteiger partial charge >= 0.3 is 0 Å². The summed E-state index contributed by atoms with van der Waals surface area (Å²) in [6, 6.07) is 20.0. The Morgan fingerprint density at radius 1 is 1.00 bits per heavy atom. The van der Waals surface area contributed by atoms with Crippen LogP contribution in [0.4, 0.5) is 0 Å². The maximum absolute atomic E-state index is 13.8. The summed E-state index contributed by atoms with van der Waals surface area (Å²) in [5.74, 6) is -0.456. The molecule has 0 fully saturated rings. The standard InChI is InChI=1S/C31H28ClN5O3/c1-3-27(38)29-28(21-9-5-4-6-10-21)25-16-22(32)11-12-24(25)31(40)37(29)19-23-17-26(36(2)35-23)30(39)34-15-13-20-8-7-14-33-18-20/h4-12,14,16-18H,3,13,15,19H2,1-2H3,(H,34,39). The number of aryl methyl sites for hydroxylation is 1. The van der Waals surface area contributed by atoms with Gasteiger partial charge in [-0.2, -0.15) is 5.10 Å². The average molecular weight is 554 g/mol. The molecule has 0 atom stereocenters. The van der Waals surface area contributed by atoms with Crippen LogP contribution in [-0.4, -0.2) is 37.6 Å². The van der Waals surface area contributed by atoms with Crippen LogP contribution in [0.2, 0.25) is 5.02 Å². The van der Waals surface area contributed by atoms with E-state index in [9.17, 15) is 14.4 Å². The molecule has 0 saturated heterocycles. The number of carbonyl (C=O) groups excluding carboxylic acids is 2. The summed E-state index contributed by atoms with van der Waals surface area (Å²) in [6.07, 6.45) is 4.32. The van der Waals surface area contributed by atoms with E-state index in [1.165, 1.54) is 9.25 Å². The molecule has 0 aliphatic heterocycles. The summed E-state index contributed by atoms with van der Waals surface area (Å²) >= 11 is 6.34. The number of aromatic nitrogens is 4. The first-order valence-electron chi connectivity index (χ1n) is 13.0. The molecule has 3 heterocycles. The van der Waals surface area contributed by atoms with Crippen LogP contribution in [0.1, 0.15) is 45.6 Å². The number of fused-ring (bicyclic) bond motifs is 1. The summed E-state index contributed by atoms with van der Waals surface area (Å²) in [5, 5.41) is 8.96. The summed E-state index contributed by atoms with van der Waals surface area (Å²) in [6.45, 7) is 2.23. The predicted octanol–water partition coefficient (Wildman–Crippen LogP) is 5.06. The van der Waals surface area contributed by atoms with Crippen molar-refractivity contribution in [3.63, 3.8) is 0 Å². The van der Waals surface area contributed by atoms with Gasteiger partial charge in [-0.05, 0) is 53.3 Å². The van der Waals surface area contributed by atoms with Crippen LogP contribution < -0.4 is 10.9 Å². The molecule has 8 nitrogen and oxygen atoms in total. The third kappa shape index (κ3) is 5.44. The lowest BCUT2D eigenvalue weighted by molar-refractivity contribution is 0.0943. The summed E-state index contributed by atoms with van der Waals surface area (Å²) in [5.41, 5.74) is 3.28. The number of ketones is 1. The van der Waals surface area contributed by atoms with Crippen LogP contribution in [0, 0.1) is 0 Å². The molecule has 40 heavy (non-hydrogen) atoms. The Morgan fingerprint density at radius 2 is 1.80 bits per heavy atom. The number of nitrogens with zero attached hydrogens (tertiary/aromatic N) is 4. The summed E-state index contributed by atoms with van der Waals surface area (Å²) < 4.78 is 2.96. The highest BCUT2D eigenvalue weighted by Crippen LogP contribution is 2.33. The minimum Gasteiger partial charge on any atom is -0.350 e. The third-order valence-corrected chi connectivity index (χ3v) is 7.02. The van der Waals surface area contributed by atoms with Crippen molar-refractivity contribution in [2.75, 3.05) is 6.54 Å². The highest BCUT2D eigenvalue weighted by atomic mass is 35.5. The molecule has 0 saturated carbocycles. The number of carbonyl (C=O) groups is 2. The Balaban J connectivity index is 1.54. The van der Waals surface area contributed by atoms with E-state index in [1.807, 2.05) is 42.5 Å². The highest BCUT2D eigenvalue weighted by molar-refractivity contribution is 6.31. The monoisotopic (exact) mass is 553 g/mol. The van der Waals surface area contributed by atoms with Gasteiger partial charge in [0, 0.05) is 48.4 Å². The van der Waals surface area contributed by atoms with Gasteiger partial charge in [-0.15, -0.1) is 0 Å².